The van der Waals surface area contributed by atoms with Crippen LogP contribution in [0, 0.1) is 10.5 Å². The maximum atomic E-state index is 5.93. The molecule has 0 spiro atoms. The van der Waals surface area contributed by atoms with Crippen molar-refractivity contribution >= 4 is 22.6 Å². The SMILES string of the molecule is CCNC(c1ccc(CC)o1)c1cccc(C)c1I. The molecule has 1 heterocycles. The molecule has 1 aromatic carbocycles. The Hall–Kier alpha value is -0.810. The van der Waals surface area contributed by atoms with Crippen LogP contribution in [0.3, 0.4) is 0 Å². The summed E-state index contributed by atoms with van der Waals surface area (Å²) >= 11 is 2.42. The molecule has 0 radical (unpaired) electrons. The normalized spacial score (nSPS) is 12.6. The molecule has 0 aliphatic rings. The number of benzene rings is 1. The molecular weight excluding hydrogens is 349 g/mol. The van der Waals surface area contributed by atoms with Crippen LogP contribution < -0.4 is 5.32 Å². The lowest BCUT2D eigenvalue weighted by Crippen LogP contribution is -2.22. The Bertz CT molecular complexity index is 547. The van der Waals surface area contributed by atoms with Crippen molar-refractivity contribution in [3.8, 4) is 0 Å². The predicted octanol–water partition coefficient (Wildman–Crippen LogP) is 4.45. The van der Waals surface area contributed by atoms with E-state index in [0.29, 0.717) is 0 Å². The van der Waals surface area contributed by atoms with Crippen LogP contribution >= 0.6 is 22.6 Å². The van der Waals surface area contributed by atoms with Crippen LogP contribution in [0.25, 0.3) is 0 Å². The van der Waals surface area contributed by atoms with E-state index in [9.17, 15) is 0 Å². The summed E-state index contributed by atoms with van der Waals surface area (Å²) in [6, 6.07) is 10.7. The van der Waals surface area contributed by atoms with Crippen molar-refractivity contribution < 1.29 is 4.42 Å². The molecule has 2 rings (SSSR count). The van der Waals surface area contributed by atoms with Gasteiger partial charge in [-0.15, -0.1) is 0 Å². The fraction of sp³-hybridized carbons (Fsp3) is 0.375. The van der Waals surface area contributed by atoms with E-state index < -0.39 is 0 Å². The number of nitrogens with one attached hydrogen (secondary N) is 1. The maximum Gasteiger partial charge on any atom is 0.125 e. The Morgan fingerprint density at radius 2 is 2.00 bits per heavy atom. The molecule has 1 aromatic heterocycles. The van der Waals surface area contributed by atoms with Crippen LogP contribution in [0.5, 0.6) is 0 Å². The van der Waals surface area contributed by atoms with Crippen molar-refractivity contribution in [3.63, 3.8) is 0 Å². The highest BCUT2D eigenvalue weighted by Crippen LogP contribution is 2.29. The lowest BCUT2D eigenvalue weighted by Gasteiger charge is -2.18. The van der Waals surface area contributed by atoms with Crippen molar-refractivity contribution in [2.45, 2.75) is 33.2 Å². The van der Waals surface area contributed by atoms with Gasteiger partial charge in [0, 0.05) is 9.99 Å². The van der Waals surface area contributed by atoms with Gasteiger partial charge in [-0.2, -0.15) is 0 Å². The fourth-order valence-electron chi connectivity index (χ4n) is 2.20. The smallest absolute Gasteiger partial charge is 0.125 e. The molecule has 2 nitrogen and oxygen atoms in total. The third-order valence-electron chi connectivity index (χ3n) is 3.26. The van der Waals surface area contributed by atoms with E-state index in [0.717, 1.165) is 24.5 Å². The van der Waals surface area contributed by atoms with E-state index in [-0.39, 0.29) is 6.04 Å². The van der Waals surface area contributed by atoms with Gasteiger partial charge in [0.2, 0.25) is 0 Å². The molecule has 0 aliphatic heterocycles. The Labute approximate surface area is 128 Å². The van der Waals surface area contributed by atoms with Gasteiger partial charge in [0.05, 0.1) is 6.04 Å². The van der Waals surface area contributed by atoms with Crippen molar-refractivity contribution in [1.82, 2.24) is 5.32 Å². The first kappa shape index (κ1) is 14.6. The van der Waals surface area contributed by atoms with E-state index in [1.807, 2.05) is 0 Å². The lowest BCUT2D eigenvalue weighted by atomic mass is 10.0. The van der Waals surface area contributed by atoms with E-state index >= 15 is 0 Å². The number of furan rings is 1. The highest BCUT2D eigenvalue weighted by atomic mass is 127. The van der Waals surface area contributed by atoms with Gasteiger partial charge in [0.25, 0.3) is 0 Å². The summed E-state index contributed by atoms with van der Waals surface area (Å²) in [4.78, 5) is 0. The Kier molecular flexibility index (Phi) is 5.05. The van der Waals surface area contributed by atoms with Gasteiger partial charge in [-0.3, -0.25) is 0 Å². The highest BCUT2D eigenvalue weighted by molar-refractivity contribution is 14.1. The van der Waals surface area contributed by atoms with Gasteiger partial charge >= 0.3 is 0 Å². The second-order valence-corrected chi connectivity index (χ2v) is 5.71. The first-order valence-corrected chi connectivity index (χ1v) is 7.82. The van der Waals surface area contributed by atoms with Crippen LogP contribution in [0.4, 0.5) is 0 Å². The molecule has 0 bridgehead atoms. The molecule has 102 valence electrons. The second kappa shape index (κ2) is 6.57. The van der Waals surface area contributed by atoms with Crippen LogP contribution in [0.15, 0.2) is 34.7 Å². The largest absolute Gasteiger partial charge is 0.464 e. The maximum absolute atomic E-state index is 5.93. The lowest BCUT2D eigenvalue weighted by molar-refractivity contribution is 0.425. The number of aryl methyl sites for hydroxylation is 2. The summed E-state index contributed by atoms with van der Waals surface area (Å²) in [6.07, 6.45) is 0.934. The van der Waals surface area contributed by atoms with Gasteiger partial charge in [0.15, 0.2) is 0 Å². The topological polar surface area (TPSA) is 25.2 Å². The quantitative estimate of drug-likeness (QED) is 0.788. The molecule has 1 N–H and O–H groups in total. The molecule has 2 aromatic rings. The molecule has 1 unspecified atom stereocenters. The molecule has 19 heavy (non-hydrogen) atoms. The Morgan fingerprint density at radius 3 is 2.63 bits per heavy atom. The van der Waals surface area contributed by atoms with Crippen molar-refractivity contribution in [2.24, 2.45) is 0 Å². The average Bonchev–Trinajstić information content (AvgIpc) is 2.88. The Balaban J connectivity index is 2.42. The number of rotatable bonds is 5. The van der Waals surface area contributed by atoms with E-state index in [1.54, 1.807) is 0 Å². The third-order valence-corrected chi connectivity index (χ3v) is 4.73. The zero-order chi connectivity index (χ0) is 13.8. The van der Waals surface area contributed by atoms with Crippen LogP contribution in [0.1, 0.15) is 42.5 Å². The van der Waals surface area contributed by atoms with Crippen LogP contribution in [-0.4, -0.2) is 6.54 Å². The number of halogens is 1. The van der Waals surface area contributed by atoms with Gasteiger partial charge in [-0.1, -0.05) is 32.0 Å². The van der Waals surface area contributed by atoms with Crippen LogP contribution in [0.2, 0.25) is 0 Å². The van der Waals surface area contributed by atoms with Crippen molar-refractivity contribution in [3.05, 3.63) is 56.5 Å². The Morgan fingerprint density at radius 1 is 1.21 bits per heavy atom. The summed E-state index contributed by atoms with van der Waals surface area (Å²) in [6.45, 7) is 7.30. The van der Waals surface area contributed by atoms with E-state index in [2.05, 4.69) is 79.0 Å². The summed E-state index contributed by atoms with van der Waals surface area (Å²) < 4.78 is 7.24. The fourth-order valence-corrected chi connectivity index (χ4v) is 2.87. The van der Waals surface area contributed by atoms with Gasteiger partial charge in [-0.25, -0.2) is 0 Å². The van der Waals surface area contributed by atoms with Crippen LogP contribution in [-0.2, 0) is 6.42 Å². The predicted molar refractivity (Wildman–Crippen MR) is 87.5 cm³/mol. The molecule has 0 saturated carbocycles. The van der Waals surface area contributed by atoms with E-state index in [1.165, 1.54) is 14.7 Å². The van der Waals surface area contributed by atoms with Crippen molar-refractivity contribution in [1.29, 1.82) is 0 Å². The standard InChI is InChI=1S/C16H20INO/c1-4-12-9-10-14(19-12)16(18-5-2)13-8-6-7-11(3)15(13)17/h6-10,16,18H,4-5H2,1-3H3. The molecular formula is C16H20INO. The zero-order valence-corrected chi connectivity index (χ0v) is 13.8. The second-order valence-electron chi connectivity index (χ2n) is 4.63. The molecule has 3 heteroatoms. The van der Waals surface area contributed by atoms with Gasteiger partial charge in [-0.05, 0) is 59.3 Å². The third kappa shape index (κ3) is 3.20. The number of hydrogen-bond donors (Lipinski definition) is 1. The van der Waals surface area contributed by atoms with E-state index in [4.69, 9.17) is 4.42 Å². The number of hydrogen-bond acceptors (Lipinski definition) is 2. The van der Waals surface area contributed by atoms with Gasteiger partial charge in [0.1, 0.15) is 11.5 Å². The first-order valence-electron chi connectivity index (χ1n) is 6.74. The molecule has 1 atom stereocenters. The molecule has 0 aliphatic carbocycles. The van der Waals surface area contributed by atoms with Gasteiger partial charge < -0.3 is 9.73 Å². The first-order chi connectivity index (χ1) is 9.17. The average molecular weight is 369 g/mol. The molecule has 0 amide bonds. The minimum Gasteiger partial charge on any atom is -0.464 e. The summed E-state index contributed by atoms with van der Waals surface area (Å²) in [7, 11) is 0. The van der Waals surface area contributed by atoms with Crippen molar-refractivity contribution in [2.75, 3.05) is 6.54 Å². The minimum absolute atomic E-state index is 0.136. The summed E-state index contributed by atoms with van der Waals surface area (Å²) in [5.74, 6) is 2.04. The monoisotopic (exact) mass is 369 g/mol. The summed E-state index contributed by atoms with van der Waals surface area (Å²) in [5.41, 5.74) is 2.60. The minimum atomic E-state index is 0.136. The highest BCUT2D eigenvalue weighted by Gasteiger charge is 2.19. The molecule has 0 fully saturated rings. The molecule has 0 saturated heterocycles. The summed E-state index contributed by atoms with van der Waals surface area (Å²) in [5, 5.41) is 3.52. The zero-order valence-electron chi connectivity index (χ0n) is 11.7.